The topological polar surface area (TPSA) is 12.0 Å². The van der Waals surface area contributed by atoms with Gasteiger partial charge in [0.25, 0.3) is 0 Å². The minimum absolute atomic E-state index is 0.285. The van der Waals surface area contributed by atoms with E-state index < -0.39 is 5.82 Å². The first-order chi connectivity index (χ1) is 7.42. The van der Waals surface area contributed by atoms with E-state index in [1.807, 2.05) is 0 Å². The Labute approximate surface area is 105 Å². The Bertz CT molecular complexity index is 392. The van der Waals surface area contributed by atoms with Crippen molar-refractivity contribution in [2.24, 2.45) is 5.41 Å². The number of rotatable bonds is 3. The average Bonchev–Trinajstić information content (AvgIpc) is 2.91. The lowest BCUT2D eigenvalue weighted by atomic mass is 10.0. The van der Waals surface area contributed by atoms with Crippen LogP contribution in [0.1, 0.15) is 26.7 Å². The van der Waals surface area contributed by atoms with Crippen molar-refractivity contribution in [3.8, 4) is 0 Å². The Balaban J connectivity index is 2.21. The molecule has 1 saturated carbocycles. The molecule has 1 aromatic carbocycles. The normalized spacial score (nSPS) is 19.3. The summed E-state index contributed by atoms with van der Waals surface area (Å²) in [6.07, 6.45) is 2.41. The van der Waals surface area contributed by atoms with Gasteiger partial charge in [-0.15, -0.1) is 0 Å². The van der Waals surface area contributed by atoms with E-state index in [1.165, 1.54) is 25.0 Å². The van der Waals surface area contributed by atoms with Crippen LogP contribution in [0.15, 0.2) is 12.1 Å². The van der Waals surface area contributed by atoms with Crippen LogP contribution in [0.2, 0.25) is 10.0 Å². The number of anilines is 1. The monoisotopic (exact) mass is 261 g/mol. The van der Waals surface area contributed by atoms with E-state index in [4.69, 9.17) is 23.2 Å². The van der Waals surface area contributed by atoms with Crippen LogP contribution in [0, 0.1) is 11.2 Å². The first kappa shape index (κ1) is 12.0. The third-order valence-corrected chi connectivity index (χ3v) is 4.05. The van der Waals surface area contributed by atoms with Gasteiger partial charge in [0, 0.05) is 6.04 Å². The Morgan fingerprint density at radius 1 is 1.31 bits per heavy atom. The van der Waals surface area contributed by atoms with Gasteiger partial charge in [0.05, 0.1) is 15.7 Å². The van der Waals surface area contributed by atoms with E-state index in [0.717, 1.165) is 0 Å². The van der Waals surface area contributed by atoms with Crippen molar-refractivity contribution < 1.29 is 4.39 Å². The van der Waals surface area contributed by atoms with Crippen molar-refractivity contribution in [1.29, 1.82) is 0 Å². The molecule has 0 bridgehead atoms. The molecule has 4 heteroatoms. The van der Waals surface area contributed by atoms with Gasteiger partial charge in [0.15, 0.2) is 0 Å². The van der Waals surface area contributed by atoms with Crippen LogP contribution in [0.25, 0.3) is 0 Å². The first-order valence-electron chi connectivity index (χ1n) is 5.33. The molecule has 16 heavy (non-hydrogen) atoms. The lowest BCUT2D eigenvalue weighted by molar-refractivity contribution is 0.493. The van der Waals surface area contributed by atoms with Gasteiger partial charge in [-0.25, -0.2) is 4.39 Å². The van der Waals surface area contributed by atoms with Gasteiger partial charge in [-0.1, -0.05) is 30.1 Å². The molecule has 1 unspecified atom stereocenters. The standard InChI is InChI=1S/C12H14Cl2FN/c1-7(12(2)3-4-12)16-11-9(13)5-8(15)6-10(11)14/h5-7,16H,3-4H2,1-2H3. The zero-order chi connectivity index (χ0) is 11.9. The van der Waals surface area contributed by atoms with Crippen molar-refractivity contribution in [3.63, 3.8) is 0 Å². The lowest BCUT2D eigenvalue weighted by Crippen LogP contribution is -2.25. The fraction of sp³-hybridized carbons (Fsp3) is 0.500. The molecule has 0 heterocycles. The molecular formula is C12H14Cl2FN. The summed E-state index contributed by atoms with van der Waals surface area (Å²) in [7, 11) is 0. The molecule has 0 spiro atoms. The molecule has 88 valence electrons. The van der Waals surface area contributed by atoms with Crippen LogP contribution in [0.4, 0.5) is 10.1 Å². The Morgan fingerprint density at radius 2 is 1.81 bits per heavy atom. The van der Waals surface area contributed by atoms with Gasteiger partial charge >= 0.3 is 0 Å². The Kier molecular flexibility index (Phi) is 3.06. The summed E-state index contributed by atoms with van der Waals surface area (Å²) >= 11 is 11.9. The molecule has 0 saturated heterocycles. The summed E-state index contributed by atoms with van der Waals surface area (Å²) in [5, 5.41) is 3.95. The Morgan fingerprint density at radius 3 is 2.25 bits per heavy atom. The third-order valence-electron chi connectivity index (χ3n) is 3.45. The minimum Gasteiger partial charge on any atom is -0.380 e. The molecule has 1 fully saturated rings. The van der Waals surface area contributed by atoms with E-state index >= 15 is 0 Å². The Hall–Kier alpha value is -0.470. The summed E-state index contributed by atoms with van der Waals surface area (Å²) in [6.45, 7) is 4.32. The molecular weight excluding hydrogens is 248 g/mol. The smallest absolute Gasteiger partial charge is 0.126 e. The van der Waals surface area contributed by atoms with Crippen LogP contribution in [0.3, 0.4) is 0 Å². The molecule has 1 aromatic rings. The maximum Gasteiger partial charge on any atom is 0.126 e. The molecule has 0 aliphatic heterocycles. The second-order valence-corrected chi connectivity index (χ2v) is 5.58. The SMILES string of the molecule is CC(Nc1c(Cl)cc(F)cc1Cl)C1(C)CC1. The predicted molar refractivity (Wildman–Crippen MR) is 66.8 cm³/mol. The van der Waals surface area contributed by atoms with Crippen molar-refractivity contribution in [2.75, 3.05) is 5.32 Å². The molecule has 1 aliphatic rings. The fourth-order valence-corrected chi connectivity index (χ4v) is 2.27. The summed E-state index contributed by atoms with van der Waals surface area (Å²) in [4.78, 5) is 0. The zero-order valence-corrected chi connectivity index (χ0v) is 10.8. The number of hydrogen-bond acceptors (Lipinski definition) is 1. The average molecular weight is 262 g/mol. The maximum absolute atomic E-state index is 13.0. The summed E-state index contributed by atoms with van der Waals surface area (Å²) in [6, 6.07) is 2.84. The van der Waals surface area contributed by atoms with Gasteiger partial charge < -0.3 is 5.32 Å². The van der Waals surface area contributed by atoms with Gasteiger partial charge in [-0.2, -0.15) is 0 Å². The first-order valence-corrected chi connectivity index (χ1v) is 6.09. The minimum atomic E-state index is -0.411. The number of hydrogen-bond donors (Lipinski definition) is 1. The van der Waals surface area contributed by atoms with E-state index in [1.54, 1.807) is 0 Å². The highest BCUT2D eigenvalue weighted by Gasteiger charge is 2.42. The lowest BCUT2D eigenvalue weighted by Gasteiger charge is -2.23. The zero-order valence-electron chi connectivity index (χ0n) is 9.28. The van der Waals surface area contributed by atoms with E-state index in [9.17, 15) is 4.39 Å². The second kappa shape index (κ2) is 4.08. The van der Waals surface area contributed by atoms with Crippen molar-refractivity contribution in [1.82, 2.24) is 0 Å². The largest absolute Gasteiger partial charge is 0.380 e. The molecule has 1 nitrogen and oxygen atoms in total. The van der Waals surface area contributed by atoms with Gasteiger partial charge in [0.1, 0.15) is 5.82 Å². The van der Waals surface area contributed by atoms with Crippen LogP contribution in [-0.4, -0.2) is 6.04 Å². The molecule has 0 amide bonds. The van der Waals surface area contributed by atoms with Crippen molar-refractivity contribution in [2.45, 2.75) is 32.7 Å². The molecule has 1 atom stereocenters. The highest BCUT2D eigenvalue weighted by molar-refractivity contribution is 6.39. The number of nitrogens with one attached hydrogen (secondary N) is 1. The number of halogens is 3. The molecule has 2 rings (SSSR count). The van der Waals surface area contributed by atoms with Gasteiger partial charge in [-0.05, 0) is 37.3 Å². The van der Waals surface area contributed by atoms with Crippen LogP contribution >= 0.6 is 23.2 Å². The third kappa shape index (κ3) is 2.28. The summed E-state index contributed by atoms with van der Waals surface area (Å²) in [5.41, 5.74) is 0.950. The van der Waals surface area contributed by atoms with Crippen molar-refractivity contribution >= 4 is 28.9 Å². The molecule has 1 N–H and O–H groups in total. The molecule has 1 aliphatic carbocycles. The second-order valence-electron chi connectivity index (χ2n) is 4.76. The van der Waals surface area contributed by atoms with E-state index in [0.29, 0.717) is 21.1 Å². The highest BCUT2D eigenvalue weighted by atomic mass is 35.5. The fourth-order valence-electron chi connectivity index (χ4n) is 1.70. The van der Waals surface area contributed by atoms with Crippen molar-refractivity contribution in [3.05, 3.63) is 28.0 Å². The predicted octanol–water partition coefficient (Wildman–Crippen LogP) is 4.73. The maximum atomic E-state index is 13.0. The number of benzene rings is 1. The highest BCUT2D eigenvalue weighted by Crippen LogP contribution is 2.49. The van der Waals surface area contributed by atoms with E-state index in [2.05, 4.69) is 19.2 Å². The van der Waals surface area contributed by atoms with Crippen LogP contribution in [0.5, 0.6) is 0 Å². The van der Waals surface area contributed by atoms with Crippen LogP contribution < -0.4 is 5.32 Å². The quantitative estimate of drug-likeness (QED) is 0.830. The molecule has 0 aromatic heterocycles. The van der Waals surface area contributed by atoms with E-state index in [-0.39, 0.29) is 6.04 Å². The van der Waals surface area contributed by atoms with Gasteiger partial charge in [0.2, 0.25) is 0 Å². The summed E-state index contributed by atoms with van der Waals surface area (Å²) in [5.74, 6) is -0.411. The van der Waals surface area contributed by atoms with Crippen LogP contribution in [-0.2, 0) is 0 Å². The molecule has 0 radical (unpaired) electrons. The summed E-state index contributed by atoms with van der Waals surface area (Å²) < 4.78 is 13.0. The van der Waals surface area contributed by atoms with Gasteiger partial charge in [-0.3, -0.25) is 0 Å².